The molecular weight excluding hydrogens is 405 g/mol. The molecule has 1 aromatic carbocycles. The number of anilines is 1. The number of hydrogen-bond acceptors (Lipinski definition) is 4. The van der Waals surface area contributed by atoms with Crippen LogP contribution in [0, 0.1) is 11.7 Å². The maximum Gasteiger partial charge on any atom is 0.225 e. The third-order valence-electron chi connectivity index (χ3n) is 6.92. The molecule has 1 atom stereocenters. The number of carbonyl (C=O) groups is 1. The summed E-state index contributed by atoms with van der Waals surface area (Å²) >= 11 is 0. The van der Waals surface area contributed by atoms with Gasteiger partial charge in [0.05, 0.1) is 5.39 Å². The maximum atomic E-state index is 13.1. The number of aromatic amines is 1. The van der Waals surface area contributed by atoms with E-state index in [0.29, 0.717) is 12.5 Å². The molecule has 7 heteroatoms. The summed E-state index contributed by atoms with van der Waals surface area (Å²) in [6.07, 6.45) is 7.80. The van der Waals surface area contributed by atoms with Gasteiger partial charge in [-0.25, -0.2) is 9.37 Å². The van der Waals surface area contributed by atoms with Crippen molar-refractivity contribution in [3.05, 3.63) is 53.5 Å². The standard InChI is InChI=1S/C25H30FN5O/c26-20-10-8-17(9-11-20)15-27-23-21-12-13-22(28-24(21)30-29-23)19-7-4-14-31(16-19)25(32)18-5-2-1-3-6-18/h8-13,18-19H,1-7,14-16H2,(H2,27,28,29,30)/t19-/m1/s1. The number of halogens is 1. The van der Waals surface area contributed by atoms with Crippen LogP contribution in [0.15, 0.2) is 36.4 Å². The fourth-order valence-electron chi connectivity index (χ4n) is 5.10. The SMILES string of the molecule is O=C(C1CCCCC1)N1CCC[C@@H](c2ccc3c(NCc4ccc(F)cc4)n[nH]c3n2)C1. The molecule has 32 heavy (non-hydrogen) atoms. The minimum atomic E-state index is -0.239. The lowest BCUT2D eigenvalue weighted by Gasteiger charge is -2.35. The Kier molecular flexibility index (Phi) is 6.06. The van der Waals surface area contributed by atoms with Crippen LogP contribution in [0.25, 0.3) is 11.0 Å². The number of benzene rings is 1. The number of nitrogens with zero attached hydrogens (tertiary/aromatic N) is 3. The first-order valence-electron chi connectivity index (χ1n) is 11.8. The molecule has 0 unspecified atom stereocenters. The lowest BCUT2D eigenvalue weighted by atomic mass is 9.86. The molecule has 2 fully saturated rings. The molecule has 1 amide bonds. The predicted molar refractivity (Wildman–Crippen MR) is 123 cm³/mol. The van der Waals surface area contributed by atoms with Crippen LogP contribution in [0.2, 0.25) is 0 Å². The smallest absolute Gasteiger partial charge is 0.225 e. The molecule has 0 radical (unpaired) electrons. The van der Waals surface area contributed by atoms with Crippen LogP contribution in [0.5, 0.6) is 0 Å². The number of piperidine rings is 1. The van der Waals surface area contributed by atoms with Crippen molar-refractivity contribution in [3.8, 4) is 0 Å². The average Bonchev–Trinajstić information content (AvgIpc) is 3.26. The first kappa shape index (κ1) is 20.9. The molecule has 6 nitrogen and oxygen atoms in total. The first-order chi connectivity index (χ1) is 15.7. The molecular formula is C25H30FN5O. The molecule has 1 saturated carbocycles. The summed E-state index contributed by atoms with van der Waals surface area (Å²) in [5, 5.41) is 11.7. The Balaban J connectivity index is 1.26. The molecule has 0 bridgehead atoms. The molecule has 3 heterocycles. The second-order valence-electron chi connectivity index (χ2n) is 9.14. The van der Waals surface area contributed by atoms with Gasteiger partial charge in [-0.2, -0.15) is 5.10 Å². The number of hydrogen-bond donors (Lipinski definition) is 2. The Hall–Kier alpha value is -2.96. The van der Waals surface area contributed by atoms with Crippen LogP contribution in [0.3, 0.4) is 0 Å². The van der Waals surface area contributed by atoms with Crippen molar-refractivity contribution in [1.82, 2.24) is 20.1 Å². The van der Waals surface area contributed by atoms with Crippen molar-refractivity contribution in [3.63, 3.8) is 0 Å². The molecule has 2 aromatic heterocycles. The highest BCUT2D eigenvalue weighted by Gasteiger charge is 2.30. The van der Waals surface area contributed by atoms with E-state index >= 15 is 0 Å². The van der Waals surface area contributed by atoms with Crippen molar-refractivity contribution in [2.75, 3.05) is 18.4 Å². The molecule has 1 aliphatic heterocycles. The van der Waals surface area contributed by atoms with Crippen LogP contribution in [0.4, 0.5) is 10.2 Å². The molecule has 2 aliphatic rings. The van der Waals surface area contributed by atoms with Crippen LogP contribution < -0.4 is 5.32 Å². The zero-order valence-electron chi connectivity index (χ0n) is 18.3. The van der Waals surface area contributed by atoms with Gasteiger partial charge >= 0.3 is 0 Å². The Morgan fingerprint density at radius 3 is 2.69 bits per heavy atom. The quantitative estimate of drug-likeness (QED) is 0.592. The first-order valence-corrected chi connectivity index (χ1v) is 11.8. The summed E-state index contributed by atoms with van der Waals surface area (Å²) < 4.78 is 13.1. The minimum absolute atomic E-state index is 0.222. The van der Waals surface area contributed by atoms with E-state index in [1.165, 1.54) is 31.4 Å². The second kappa shape index (κ2) is 9.27. The van der Waals surface area contributed by atoms with Gasteiger partial charge in [0.1, 0.15) is 5.82 Å². The van der Waals surface area contributed by atoms with E-state index in [9.17, 15) is 9.18 Å². The van der Waals surface area contributed by atoms with Gasteiger partial charge < -0.3 is 10.2 Å². The lowest BCUT2D eigenvalue weighted by Crippen LogP contribution is -2.43. The fraction of sp³-hybridized carbons (Fsp3) is 0.480. The third kappa shape index (κ3) is 4.47. The van der Waals surface area contributed by atoms with E-state index in [4.69, 9.17) is 4.98 Å². The highest BCUT2D eigenvalue weighted by Crippen LogP contribution is 2.31. The largest absolute Gasteiger partial charge is 0.364 e. The van der Waals surface area contributed by atoms with Crippen LogP contribution in [0.1, 0.15) is 62.1 Å². The molecule has 168 valence electrons. The zero-order valence-corrected chi connectivity index (χ0v) is 18.3. The number of pyridine rings is 1. The number of fused-ring (bicyclic) bond motifs is 1. The lowest BCUT2D eigenvalue weighted by molar-refractivity contribution is -0.137. The highest BCUT2D eigenvalue weighted by molar-refractivity contribution is 5.87. The number of aromatic nitrogens is 3. The van der Waals surface area contributed by atoms with Crippen molar-refractivity contribution >= 4 is 22.8 Å². The van der Waals surface area contributed by atoms with E-state index in [1.807, 2.05) is 0 Å². The Morgan fingerprint density at radius 1 is 1.06 bits per heavy atom. The number of H-pyrrole nitrogens is 1. The molecule has 1 aliphatic carbocycles. The van der Waals surface area contributed by atoms with E-state index < -0.39 is 0 Å². The molecule has 0 spiro atoms. The van der Waals surface area contributed by atoms with Gasteiger partial charge in [-0.1, -0.05) is 31.4 Å². The summed E-state index contributed by atoms with van der Waals surface area (Å²) in [7, 11) is 0. The van der Waals surface area contributed by atoms with E-state index in [-0.39, 0.29) is 17.7 Å². The summed E-state index contributed by atoms with van der Waals surface area (Å²) in [5.74, 6) is 1.34. The van der Waals surface area contributed by atoms with Gasteiger partial charge in [0.2, 0.25) is 5.91 Å². The van der Waals surface area contributed by atoms with Crippen LogP contribution in [-0.2, 0) is 11.3 Å². The molecule has 2 N–H and O–H groups in total. The average molecular weight is 436 g/mol. The van der Waals surface area contributed by atoms with Crippen LogP contribution >= 0.6 is 0 Å². The minimum Gasteiger partial charge on any atom is -0.364 e. The van der Waals surface area contributed by atoms with Crippen molar-refractivity contribution in [2.24, 2.45) is 5.92 Å². The topological polar surface area (TPSA) is 73.9 Å². The maximum absolute atomic E-state index is 13.1. The van der Waals surface area contributed by atoms with Gasteiger partial charge in [-0.15, -0.1) is 0 Å². The van der Waals surface area contributed by atoms with Crippen molar-refractivity contribution < 1.29 is 9.18 Å². The van der Waals surface area contributed by atoms with E-state index in [1.54, 1.807) is 12.1 Å². The van der Waals surface area contributed by atoms with Crippen molar-refractivity contribution in [2.45, 2.75) is 57.4 Å². The third-order valence-corrected chi connectivity index (χ3v) is 6.92. The van der Waals surface area contributed by atoms with Crippen LogP contribution in [-0.4, -0.2) is 39.1 Å². The van der Waals surface area contributed by atoms with E-state index in [2.05, 4.69) is 32.5 Å². The number of likely N-dealkylation sites (tertiary alicyclic amines) is 1. The second-order valence-corrected chi connectivity index (χ2v) is 9.14. The molecule has 5 rings (SSSR count). The monoisotopic (exact) mass is 435 g/mol. The Bertz CT molecular complexity index is 1070. The van der Waals surface area contributed by atoms with Gasteiger partial charge in [-0.05, 0) is 55.5 Å². The number of nitrogens with one attached hydrogen (secondary N) is 2. The Labute approximate surface area is 187 Å². The van der Waals surface area contributed by atoms with Gasteiger partial charge in [0.15, 0.2) is 11.5 Å². The van der Waals surface area contributed by atoms with Gasteiger partial charge in [0, 0.05) is 37.2 Å². The molecule has 3 aromatic rings. The van der Waals surface area contributed by atoms with Gasteiger partial charge in [0.25, 0.3) is 0 Å². The highest BCUT2D eigenvalue weighted by atomic mass is 19.1. The number of carbonyl (C=O) groups excluding carboxylic acids is 1. The Morgan fingerprint density at radius 2 is 1.88 bits per heavy atom. The van der Waals surface area contributed by atoms with Crippen molar-refractivity contribution in [1.29, 1.82) is 0 Å². The fourth-order valence-corrected chi connectivity index (χ4v) is 5.10. The summed E-state index contributed by atoms with van der Waals surface area (Å²) in [5.41, 5.74) is 2.75. The summed E-state index contributed by atoms with van der Waals surface area (Å²) in [6.45, 7) is 2.19. The van der Waals surface area contributed by atoms with E-state index in [0.717, 1.165) is 66.9 Å². The summed E-state index contributed by atoms with van der Waals surface area (Å²) in [4.78, 5) is 19.9. The molecule has 1 saturated heterocycles. The predicted octanol–water partition coefficient (Wildman–Crippen LogP) is 5.00. The zero-order chi connectivity index (χ0) is 21.9. The number of rotatable bonds is 5. The number of amides is 1. The van der Waals surface area contributed by atoms with Gasteiger partial charge in [-0.3, -0.25) is 9.89 Å². The summed E-state index contributed by atoms with van der Waals surface area (Å²) in [6, 6.07) is 10.6. The normalized spacial score (nSPS) is 19.9.